The van der Waals surface area contributed by atoms with Gasteiger partial charge in [-0.15, -0.1) is 0 Å². The SMILES string of the molecule is CCCC(C)C1CCC2C3CCC4CC(C)CCC4(C)C3CCC12C. The number of rotatable bonds is 3. The fourth-order valence-corrected chi connectivity index (χ4v) is 9.10. The Balaban J connectivity index is 1.56. The van der Waals surface area contributed by atoms with E-state index in [0.717, 1.165) is 41.4 Å². The van der Waals surface area contributed by atoms with Crippen LogP contribution < -0.4 is 0 Å². The molecule has 4 saturated carbocycles. The summed E-state index contributed by atoms with van der Waals surface area (Å²) in [7, 11) is 0. The maximum Gasteiger partial charge on any atom is -0.0264 e. The largest absolute Gasteiger partial charge is 0.0654 e. The molecule has 4 aliphatic carbocycles. The molecule has 9 atom stereocenters. The summed E-state index contributed by atoms with van der Waals surface area (Å²) in [5, 5.41) is 0. The van der Waals surface area contributed by atoms with Crippen molar-refractivity contribution in [2.45, 2.75) is 105 Å². The van der Waals surface area contributed by atoms with Crippen molar-refractivity contribution in [3.05, 3.63) is 0 Å². The Labute approximate surface area is 157 Å². The fourth-order valence-electron chi connectivity index (χ4n) is 9.10. The average molecular weight is 345 g/mol. The third-order valence-corrected chi connectivity index (χ3v) is 10.4. The first-order chi connectivity index (χ1) is 11.9. The maximum atomic E-state index is 2.73. The van der Waals surface area contributed by atoms with Crippen LogP contribution >= 0.6 is 0 Å². The molecule has 0 aromatic carbocycles. The lowest BCUT2D eigenvalue weighted by atomic mass is 9.44. The molecule has 0 bridgehead atoms. The van der Waals surface area contributed by atoms with Gasteiger partial charge >= 0.3 is 0 Å². The lowest BCUT2D eigenvalue weighted by Crippen LogP contribution is -2.53. The van der Waals surface area contributed by atoms with E-state index in [1.165, 1.54) is 25.7 Å². The second-order valence-electron chi connectivity index (χ2n) is 11.5. The van der Waals surface area contributed by atoms with E-state index in [1.807, 2.05) is 0 Å². The summed E-state index contributed by atoms with van der Waals surface area (Å²) in [5.74, 6) is 7.23. The molecule has 25 heavy (non-hydrogen) atoms. The molecule has 0 aromatic rings. The van der Waals surface area contributed by atoms with Crippen molar-refractivity contribution in [3.63, 3.8) is 0 Å². The van der Waals surface area contributed by atoms with Crippen LogP contribution in [0.1, 0.15) is 105 Å². The zero-order valence-corrected chi connectivity index (χ0v) is 17.8. The molecule has 4 fully saturated rings. The van der Waals surface area contributed by atoms with Crippen LogP contribution in [-0.4, -0.2) is 0 Å². The van der Waals surface area contributed by atoms with Gasteiger partial charge in [0.05, 0.1) is 0 Å². The normalized spacial score (nSPS) is 53.6. The lowest BCUT2D eigenvalue weighted by molar-refractivity contribution is -0.120. The first-order valence-corrected chi connectivity index (χ1v) is 11.9. The zero-order valence-electron chi connectivity index (χ0n) is 17.8. The predicted molar refractivity (Wildman–Crippen MR) is 108 cm³/mol. The standard InChI is InChI=1S/C25H44/c1-6-7-18(3)21-10-11-22-20-9-8-19-16-17(2)12-14-24(19,4)23(20)13-15-25(21,22)5/h17-23H,6-16H2,1-5H3. The number of fused-ring (bicyclic) bond motifs is 5. The molecule has 0 aromatic heterocycles. The molecular formula is C25H44. The first kappa shape index (κ1) is 18.4. The summed E-state index contributed by atoms with van der Waals surface area (Å²) in [4.78, 5) is 0. The van der Waals surface area contributed by atoms with Crippen LogP contribution in [-0.2, 0) is 0 Å². The van der Waals surface area contributed by atoms with Crippen molar-refractivity contribution >= 4 is 0 Å². The average Bonchev–Trinajstić information content (AvgIpc) is 2.93. The van der Waals surface area contributed by atoms with Gasteiger partial charge in [0.15, 0.2) is 0 Å². The summed E-state index contributed by atoms with van der Waals surface area (Å²) in [6.45, 7) is 12.9. The predicted octanol–water partition coefficient (Wildman–Crippen LogP) is 7.72. The van der Waals surface area contributed by atoms with Crippen LogP contribution in [0.3, 0.4) is 0 Å². The molecule has 0 radical (unpaired) electrons. The summed E-state index contributed by atoms with van der Waals surface area (Å²) in [6, 6.07) is 0. The van der Waals surface area contributed by atoms with Gasteiger partial charge in [0, 0.05) is 0 Å². The Morgan fingerprint density at radius 1 is 0.880 bits per heavy atom. The molecule has 0 heteroatoms. The van der Waals surface area contributed by atoms with Crippen LogP contribution in [0.15, 0.2) is 0 Å². The Bertz CT molecular complexity index is 480. The van der Waals surface area contributed by atoms with Crippen molar-refractivity contribution in [3.8, 4) is 0 Å². The van der Waals surface area contributed by atoms with Crippen molar-refractivity contribution in [1.82, 2.24) is 0 Å². The highest BCUT2D eigenvalue weighted by atomic mass is 14.6. The molecule has 4 rings (SSSR count). The van der Waals surface area contributed by atoms with E-state index < -0.39 is 0 Å². The van der Waals surface area contributed by atoms with Gasteiger partial charge in [0.2, 0.25) is 0 Å². The van der Waals surface area contributed by atoms with Crippen molar-refractivity contribution < 1.29 is 0 Å². The van der Waals surface area contributed by atoms with E-state index in [1.54, 1.807) is 44.9 Å². The number of hydrogen-bond acceptors (Lipinski definition) is 0. The Kier molecular flexibility index (Phi) is 4.82. The van der Waals surface area contributed by atoms with E-state index in [4.69, 9.17) is 0 Å². The molecule has 4 aliphatic rings. The molecule has 0 saturated heterocycles. The Morgan fingerprint density at radius 3 is 2.36 bits per heavy atom. The molecule has 9 unspecified atom stereocenters. The van der Waals surface area contributed by atoms with Gasteiger partial charge in [0.25, 0.3) is 0 Å². The van der Waals surface area contributed by atoms with Gasteiger partial charge in [-0.05, 0) is 104 Å². The number of hydrogen-bond donors (Lipinski definition) is 0. The lowest BCUT2D eigenvalue weighted by Gasteiger charge is -2.61. The van der Waals surface area contributed by atoms with E-state index in [0.29, 0.717) is 10.8 Å². The first-order valence-electron chi connectivity index (χ1n) is 11.9. The third kappa shape index (κ3) is 2.75. The van der Waals surface area contributed by atoms with Gasteiger partial charge in [-0.2, -0.15) is 0 Å². The van der Waals surface area contributed by atoms with Crippen LogP contribution in [0.4, 0.5) is 0 Å². The van der Waals surface area contributed by atoms with E-state index >= 15 is 0 Å². The second kappa shape index (κ2) is 6.56. The molecule has 144 valence electrons. The highest BCUT2D eigenvalue weighted by molar-refractivity contribution is 5.09. The molecule has 0 spiro atoms. The maximum absolute atomic E-state index is 2.73. The summed E-state index contributed by atoms with van der Waals surface area (Å²) in [6.07, 6.45) is 16.8. The monoisotopic (exact) mass is 344 g/mol. The van der Waals surface area contributed by atoms with Gasteiger partial charge < -0.3 is 0 Å². The van der Waals surface area contributed by atoms with Gasteiger partial charge in [0.1, 0.15) is 0 Å². The van der Waals surface area contributed by atoms with Crippen molar-refractivity contribution in [2.24, 2.45) is 52.3 Å². The van der Waals surface area contributed by atoms with E-state index in [2.05, 4.69) is 34.6 Å². The minimum atomic E-state index is 0.681. The molecular weight excluding hydrogens is 300 g/mol. The van der Waals surface area contributed by atoms with Gasteiger partial charge in [-0.25, -0.2) is 0 Å². The zero-order chi connectivity index (χ0) is 17.8. The van der Waals surface area contributed by atoms with Crippen LogP contribution in [0.25, 0.3) is 0 Å². The van der Waals surface area contributed by atoms with E-state index in [-0.39, 0.29) is 0 Å². The van der Waals surface area contributed by atoms with Gasteiger partial charge in [-0.3, -0.25) is 0 Å². The van der Waals surface area contributed by atoms with Crippen LogP contribution in [0, 0.1) is 52.3 Å². The van der Waals surface area contributed by atoms with Crippen molar-refractivity contribution in [1.29, 1.82) is 0 Å². The summed E-state index contributed by atoms with van der Waals surface area (Å²) in [5.41, 5.74) is 1.38. The minimum absolute atomic E-state index is 0.681. The third-order valence-electron chi connectivity index (χ3n) is 10.4. The second-order valence-corrected chi connectivity index (χ2v) is 11.5. The molecule has 0 N–H and O–H groups in total. The van der Waals surface area contributed by atoms with Gasteiger partial charge in [-0.1, -0.05) is 53.9 Å². The minimum Gasteiger partial charge on any atom is -0.0654 e. The highest BCUT2D eigenvalue weighted by Crippen LogP contribution is 2.68. The highest BCUT2D eigenvalue weighted by Gasteiger charge is 2.60. The molecule has 0 amide bonds. The van der Waals surface area contributed by atoms with Crippen LogP contribution in [0.5, 0.6) is 0 Å². The fraction of sp³-hybridized carbons (Fsp3) is 1.00. The van der Waals surface area contributed by atoms with Crippen molar-refractivity contribution in [2.75, 3.05) is 0 Å². The summed E-state index contributed by atoms with van der Waals surface area (Å²) < 4.78 is 0. The Morgan fingerprint density at radius 2 is 1.60 bits per heavy atom. The quantitative estimate of drug-likeness (QED) is 0.491. The van der Waals surface area contributed by atoms with E-state index in [9.17, 15) is 0 Å². The topological polar surface area (TPSA) is 0 Å². The summed E-state index contributed by atoms with van der Waals surface area (Å²) >= 11 is 0. The molecule has 0 aliphatic heterocycles. The molecule has 0 heterocycles. The van der Waals surface area contributed by atoms with Crippen LogP contribution in [0.2, 0.25) is 0 Å². The molecule has 0 nitrogen and oxygen atoms in total. The Hall–Kier alpha value is 0. The smallest absolute Gasteiger partial charge is 0.0264 e.